The lowest BCUT2D eigenvalue weighted by molar-refractivity contribution is -0.274. The summed E-state index contributed by atoms with van der Waals surface area (Å²) >= 11 is 0. The second kappa shape index (κ2) is 8.37. The molecule has 0 saturated carbocycles. The zero-order valence-corrected chi connectivity index (χ0v) is 13.8. The summed E-state index contributed by atoms with van der Waals surface area (Å²) in [4.78, 5) is 27.7. The Bertz CT molecular complexity index is 804. The van der Waals surface area contributed by atoms with E-state index in [2.05, 4.69) is 20.4 Å². The number of urea groups is 1. The van der Waals surface area contributed by atoms with Gasteiger partial charge in [-0.1, -0.05) is 6.92 Å². The van der Waals surface area contributed by atoms with Crippen molar-refractivity contribution in [3.05, 3.63) is 52.7 Å². The van der Waals surface area contributed by atoms with E-state index in [1.54, 1.807) is 0 Å². The average molecular weight is 370 g/mol. The van der Waals surface area contributed by atoms with Crippen molar-refractivity contribution in [1.29, 1.82) is 0 Å². The Hall–Kier alpha value is -3.04. The third-order valence-electron chi connectivity index (χ3n) is 3.28. The summed E-state index contributed by atoms with van der Waals surface area (Å²) in [6.07, 6.45) is -2.70. The molecule has 0 aliphatic heterocycles. The largest absolute Gasteiger partial charge is 0.573 e. The third kappa shape index (κ3) is 6.11. The second-order valence-corrected chi connectivity index (χ2v) is 5.22. The number of benzene rings is 1. The molecule has 0 fully saturated rings. The normalized spacial score (nSPS) is 11.1. The summed E-state index contributed by atoms with van der Waals surface area (Å²) in [6.45, 7) is 2.30. The first kappa shape index (κ1) is 19.3. The van der Waals surface area contributed by atoms with Crippen molar-refractivity contribution < 1.29 is 22.7 Å². The third-order valence-corrected chi connectivity index (χ3v) is 3.28. The van der Waals surface area contributed by atoms with Crippen molar-refractivity contribution in [3.8, 4) is 5.75 Å². The van der Waals surface area contributed by atoms with Gasteiger partial charge in [-0.2, -0.15) is 0 Å². The molecule has 0 aliphatic carbocycles. The average Bonchev–Trinajstić information content (AvgIpc) is 2.56. The lowest BCUT2D eigenvalue weighted by Gasteiger charge is -2.11. The van der Waals surface area contributed by atoms with Gasteiger partial charge in [0.25, 0.3) is 5.56 Å². The molecular weight excluding hydrogens is 353 g/mol. The van der Waals surface area contributed by atoms with Crippen LogP contribution in [-0.4, -0.2) is 28.5 Å². The molecule has 0 unspecified atom stereocenters. The number of ether oxygens (including phenoxy) is 1. The minimum absolute atomic E-state index is 0.175. The van der Waals surface area contributed by atoms with Crippen LogP contribution in [0.2, 0.25) is 0 Å². The fourth-order valence-electron chi connectivity index (χ4n) is 2.03. The SMILES string of the molecule is CCc1cc(=O)n(CCNC(=O)Nc2ccc(OC(F)(F)F)cc2)cn1. The fourth-order valence-corrected chi connectivity index (χ4v) is 2.03. The monoisotopic (exact) mass is 370 g/mol. The Balaban J connectivity index is 1.81. The van der Waals surface area contributed by atoms with Crippen molar-refractivity contribution in [3.63, 3.8) is 0 Å². The maximum absolute atomic E-state index is 12.1. The van der Waals surface area contributed by atoms with E-state index in [9.17, 15) is 22.8 Å². The van der Waals surface area contributed by atoms with Gasteiger partial charge in [0.1, 0.15) is 5.75 Å². The van der Waals surface area contributed by atoms with Crippen molar-refractivity contribution in [2.75, 3.05) is 11.9 Å². The molecule has 140 valence electrons. The molecule has 2 aromatic rings. The van der Waals surface area contributed by atoms with Gasteiger partial charge in [0.05, 0.1) is 6.33 Å². The van der Waals surface area contributed by atoms with Gasteiger partial charge in [0.15, 0.2) is 0 Å². The second-order valence-electron chi connectivity index (χ2n) is 5.22. The lowest BCUT2D eigenvalue weighted by Crippen LogP contribution is -2.33. The predicted molar refractivity (Wildman–Crippen MR) is 88.0 cm³/mol. The highest BCUT2D eigenvalue weighted by atomic mass is 19.4. The quantitative estimate of drug-likeness (QED) is 0.818. The molecule has 2 rings (SSSR count). The Kier molecular flexibility index (Phi) is 6.21. The molecule has 26 heavy (non-hydrogen) atoms. The summed E-state index contributed by atoms with van der Waals surface area (Å²) < 4.78 is 41.3. The van der Waals surface area contributed by atoms with Crippen molar-refractivity contribution in [1.82, 2.24) is 14.9 Å². The Labute approximate surface area is 146 Å². The lowest BCUT2D eigenvalue weighted by atomic mass is 10.3. The van der Waals surface area contributed by atoms with Crippen LogP contribution in [0.1, 0.15) is 12.6 Å². The standard InChI is InChI=1S/C16H17F3N4O3/c1-2-11-9-14(24)23(10-21-11)8-7-20-15(25)22-12-3-5-13(6-4-12)26-16(17,18)19/h3-6,9-10H,2,7-8H2,1H3,(H2,20,22,25). The molecule has 1 aromatic heterocycles. The molecule has 0 saturated heterocycles. The molecule has 0 spiro atoms. The molecular formula is C16H17F3N4O3. The highest BCUT2D eigenvalue weighted by molar-refractivity contribution is 5.89. The van der Waals surface area contributed by atoms with Crippen LogP contribution >= 0.6 is 0 Å². The van der Waals surface area contributed by atoms with Gasteiger partial charge in [0, 0.05) is 30.5 Å². The molecule has 2 amide bonds. The van der Waals surface area contributed by atoms with E-state index < -0.39 is 12.4 Å². The van der Waals surface area contributed by atoms with Crippen LogP contribution < -0.4 is 20.9 Å². The van der Waals surface area contributed by atoms with Gasteiger partial charge in [-0.15, -0.1) is 13.2 Å². The molecule has 0 aliphatic rings. The van der Waals surface area contributed by atoms with Crippen LogP contribution in [0, 0.1) is 0 Å². The Morgan fingerprint density at radius 2 is 1.96 bits per heavy atom. The zero-order chi connectivity index (χ0) is 19.2. The molecule has 1 aromatic carbocycles. The number of alkyl halides is 3. The van der Waals surface area contributed by atoms with Gasteiger partial charge in [-0.3, -0.25) is 9.36 Å². The predicted octanol–water partition coefficient (Wildman–Crippen LogP) is 2.53. The number of aromatic nitrogens is 2. The maximum atomic E-state index is 12.1. The topological polar surface area (TPSA) is 85.2 Å². The number of rotatable bonds is 6. The summed E-state index contributed by atoms with van der Waals surface area (Å²) in [5, 5.41) is 5.00. The molecule has 10 heteroatoms. The van der Waals surface area contributed by atoms with Crippen LogP contribution in [0.4, 0.5) is 23.7 Å². The fraction of sp³-hybridized carbons (Fsp3) is 0.312. The first-order chi connectivity index (χ1) is 12.3. The number of amides is 2. The van der Waals surface area contributed by atoms with E-state index in [4.69, 9.17) is 0 Å². The van der Waals surface area contributed by atoms with Crippen LogP contribution in [0.25, 0.3) is 0 Å². The Morgan fingerprint density at radius 3 is 2.54 bits per heavy atom. The molecule has 1 heterocycles. The van der Waals surface area contributed by atoms with Crippen LogP contribution in [0.3, 0.4) is 0 Å². The first-order valence-electron chi connectivity index (χ1n) is 7.73. The minimum atomic E-state index is -4.77. The molecule has 7 nitrogen and oxygen atoms in total. The number of carbonyl (C=O) groups is 1. The number of hydrogen-bond acceptors (Lipinski definition) is 4. The van der Waals surface area contributed by atoms with Crippen molar-refractivity contribution in [2.24, 2.45) is 0 Å². The number of nitrogens with one attached hydrogen (secondary N) is 2. The highest BCUT2D eigenvalue weighted by Crippen LogP contribution is 2.23. The van der Waals surface area contributed by atoms with E-state index in [0.717, 1.165) is 12.1 Å². The van der Waals surface area contributed by atoms with Crippen molar-refractivity contribution in [2.45, 2.75) is 26.3 Å². The number of anilines is 1. The van der Waals surface area contributed by atoms with Gasteiger partial charge < -0.3 is 15.4 Å². The minimum Gasteiger partial charge on any atom is -0.406 e. The van der Waals surface area contributed by atoms with Crippen LogP contribution in [0.5, 0.6) is 5.75 Å². The molecule has 0 atom stereocenters. The number of nitrogens with zero attached hydrogens (tertiary/aromatic N) is 2. The van der Waals surface area contributed by atoms with E-state index in [0.29, 0.717) is 17.8 Å². The first-order valence-corrected chi connectivity index (χ1v) is 7.73. The van der Waals surface area contributed by atoms with Crippen molar-refractivity contribution >= 4 is 11.7 Å². The van der Waals surface area contributed by atoms with E-state index in [-0.39, 0.29) is 24.4 Å². The number of hydrogen-bond donors (Lipinski definition) is 2. The molecule has 2 N–H and O–H groups in total. The van der Waals surface area contributed by atoms with Crippen LogP contribution in [-0.2, 0) is 13.0 Å². The zero-order valence-electron chi connectivity index (χ0n) is 13.8. The number of carbonyl (C=O) groups excluding carboxylic acids is 1. The number of aryl methyl sites for hydroxylation is 1. The van der Waals surface area contributed by atoms with Gasteiger partial charge in [-0.25, -0.2) is 9.78 Å². The van der Waals surface area contributed by atoms with E-state index >= 15 is 0 Å². The summed E-state index contributed by atoms with van der Waals surface area (Å²) in [5.74, 6) is -0.383. The van der Waals surface area contributed by atoms with Gasteiger partial charge >= 0.3 is 12.4 Å². The summed E-state index contributed by atoms with van der Waals surface area (Å²) in [6, 6.07) is 5.61. The Morgan fingerprint density at radius 1 is 1.27 bits per heavy atom. The van der Waals surface area contributed by atoms with Gasteiger partial charge in [0.2, 0.25) is 0 Å². The van der Waals surface area contributed by atoms with Crippen LogP contribution in [0.15, 0.2) is 41.5 Å². The number of halogens is 3. The molecule has 0 bridgehead atoms. The van der Waals surface area contributed by atoms with E-state index in [1.807, 2.05) is 6.92 Å². The summed E-state index contributed by atoms with van der Waals surface area (Å²) in [7, 11) is 0. The molecule has 0 radical (unpaired) electrons. The highest BCUT2D eigenvalue weighted by Gasteiger charge is 2.30. The van der Waals surface area contributed by atoms with Gasteiger partial charge in [-0.05, 0) is 30.7 Å². The maximum Gasteiger partial charge on any atom is 0.573 e. The van der Waals surface area contributed by atoms with E-state index in [1.165, 1.54) is 29.1 Å². The smallest absolute Gasteiger partial charge is 0.406 e. The summed E-state index contributed by atoms with van der Waals surface area (Å²) in [5.41, 5.74) is 0.775.